The number of hydrogen-bond donors (Lipinski definition) is 2. The molecule has 5 heteroatoms. The van der Waals surface area contributed by atoms with E-state index in [1.807, 2.05) is 12.1 Å². The van der Waals surface area contributed by atoms with Crippen LogP contribution < -0.4 is 5.32 Å². The van der Waals surface area contributed by atoms with Gasteiger partial charge in [-0.15, -0.1) is 11.3 Å². The number of carboxylic acids is 1. The van der Waals surface area contributed by atoms with E-state index in [0.29, 0.717) is 18.2 Å². The molecule has 1 atom stereocenters. The maximum atomic E-state index is 10.8. The molecule has 0 aliphatic carbocycles. The third kappa shape index (κ3) is 4.44. The summed E-state index contributed by atoms with van der Waals surface area (Å²) in [5, 5.41) is 14.0. The molecular formula is C15H16BrNO2S. The van der Waals surface area contributed by atoms with Gasteiger partial charge >= 0.3 is 5.97 Å². The van der Waals surface area contributed by atoms with Crippen molar-refractivity contribution in [3.05, 3.63) is 56.2 Å². The minimum Gasteiger partial charge on any atom is -0.478 e. The lowest BCUT2D eigenvalue weighted by Crippen LogP contribution is -2.27. The molecule has 0 saturated heterocycles. The summed E-state index contributed by atoms with van der Waals surface area (Å²) in [5.41, 5.74) is 1.65. The number of carboxylic acid groups (broad SMARTS) is 1. The number of halogens is 1. The van der Waals surface area contributed by atoms with Crippen molar-refractivity contribution in [2.24, 2.45) is 0 Å². The molecule has 0 aliphatic heterocycles. The molecule has 0 bridgehead atoms. The molecule has 1 aromatic heterocycles. The van der Waals surface area contributed by atoms with Crippen LogP contribution in [0.5, 0.6) is 0 Å². The molecule has 2 aromatic rings. The molecule has 1 aromatic carbocycles. The molecule has 20 heavy (non-hydrogen) atoms. The molecule has 0 fully saturated rings. The van der Waals surface area contributed by atoms with E-state index < -0.39 is 5.97 Å². The number of carbonyl (C=O) groups is 1. The van der Waals surface area contributed by atoms with Crippen molar-refractivity contribution in [2.75, 3.05) is 0 Å². The van der Waals surface area contributed by atoms with Crippen molar-refractivity contribution in [3.63, 3.8) is 0 Å². The summed E-state index contributed by atoms with van der Waals surface area (Å²) in [7, 11) is 0. The number of rotatable bonds is 6. The number of hydrogen-bond acceptors (Lipinski definition) is 3. The van der Waals surface area contributed by atoms with E-state index >= 15 is 0 Å². The van der Waals surface area contributed by atoms with Crippen LogP contribution in [0.1, 0.15) is 27.7 Å². The first-order chi connectivity index (χ1) is 9.54. The van der Waals surface area contributed by atoms with E-state index in [-0.39, 0.29) is 0 Å². The fraction of sp³-hybridized carbons (Fsp3) is 0.267. The van der Waals surface area contributed by atoms with Gasteiger partial charge in [0.25, 0.3) is 0 Å². The van der Waals surface area contributed by atoms with Gasteiger partial charge in [-0.25, -0.2) is 4.79 Å². The van der Waals surface area contributed by atoms with Gasteiger partial charge in [0.2, 0.25) is 0 Å². The molecule has 1 unspecified atom stereocenters. The highest BCUT2D eigenvalue weighted by Crippen LogP contribution is 2.15. The van der Waals surface area contributed by atoms with E-state index in [2.05, 4.69) is 40.3 Å². The maximum Gasteiger partial charge on any atom is 0.336 e. The zero-order chi connectivity index (χ0) is 14.5. The molecule has 0 radical (unpaired) electrons. The predicted octanol–water partition coefficient (Wildman–Crippen LogP) is 3.93. The van der Waals surface area contributed by atoms with Crippen molar-refractivity contribution in [2.45, 2.75) is 25.9 Å². The molecule has 2 N–H and O–H groups in total. The molecule has 106 valence electrons. The fourth-order valence-corrected chi connectivity index (χ4v) is 2.98. The van der Waals surface area contributed by atoms with Crippen LogP contribution in [-0.4, -0.2) is 17.1 Å². The molecule has 0 saturated carbocycles. The first-order valence-electron chi connectivity index (χ1n) is 6.33. The molecule has 0 amide bonds. The lowest BCUT2D eigenvalue weighted by Gasteiger charge is -2.13. The Kier molecular flexibility index (Phi) is 5.34. The average molecular weight is 354 g/mol. The summed E-state index contributed by atoms with van der Waals surface area (Å²) in [6.45, 7) is 2.84. The topological polar surface area (TPSA) is 49.3 Å². The van der Waals surface area contributed by atoms with Gasteiger partial charge in [0, 0.05) is 27.3 Å². The van der Waals surface area contributed by atoms with Crippen molar-refractivity contribution < 1.29 is 9.90 Å². The van der Waals surface area contributed by atoms with Crippen LogP contribution in [0.25, 0.3) is 0 Å². The quantitative estimate of drug-likeness (QED) is 0.826. The molecule has 0 aliphatic rings. The Hall–Kier alpha value is -1.17. The molecule has 3 nitrogen and oxygen atoms in total. The molecule has 0 spiro atoms. The highest BCUT2D eigenvalue weighted by molar-refractivity contribution is 9.10. The Morgan fingerprint density at radius 3 is 2.70 bits per heavy atom. The predicted molar refractivity (Wildman–Crippen MR) is 85.4 cm³/mol. The van der Waals surface area contributed by atoms with E-state index in [9.17, 15) is 4.79 Å². The fourth-order valence-electron chi connectivity index (χ4n) is 1.91. The largest absolute Gasteiger partial charge is 0.478 e. The summed E-state index contributed by atoms with van der Waals surface area (Å²) in [6.07, 6.45) is 0.949. The smallest absolute Gasteiger partial charge is 0.336 e. The van der Waals surface area contributed by atoms with Crippen LogP contribution in [0.4, 0.5) is 0 Å². The summed E-state index contributed by atoms with van der Waals surface area (Å²) in [5.74, 6) is -0.865. The number of benzene rings is 1. The van der Waals surface area contributed by atoms with Gasteiger partial charge in [-0.05, 0) is 37.1 Å². The van der Waals surface area contributed by atoms with E-state index in [1.54, 1.807) is 11.4 Å². The zero-order valence-electron chi connectivity index (χ0n) is 11.1. The minimum absolute atomic E-state index is 0.339. The maximum absolute atomic E-state index is 10.8. The van der Waals surface area contributed by atoms with Crippen LogP contribution in [0.2, 0.25) is 0 Å². The van der Waals surface area contributed by atoms with Gasteiger partial charge in [0.15, 0.2) is 0 Å². The highest BCUT2D eigenvalue weighted by atomic mass is 79.9. The summed E-state index contributed by atoms with van der Waals surface area (Å²) < 4.78 is 1.08. The van der Waals surface area contributed by atoms with Crippen molar-refractivity contribution in [3.8, 4) is 0 Å². The highest BCUT2D eigenvalue weighted by Gasteiger charge is 2.08. The van der Waals surface area contributed by atoms with Crippen molar-refractivity contribution in [1.29, 1.82) is 0 Å². The Morgan fingerprint density at radius 2 is 2.10 bits per heavy atom. The molecule has 2 rings (SSSR count). The minimum atomic E-state index is -0.865. The third-order valence-electron chi connectivity index (χ3n) is 2.98. The van der Waals surface area contributed by atoms with E-state index in [0.717, 1.165) is 15.8 Å². The van der Waals surface area contributed by atoms with Crippen LogP contribution in [0.3, 0.4) is 0 Å². The lowest BCUT2D eigenvalue weighted by atomic mass is 10.1. The standard InChI is InChI=1S/C15H16BrNO2S/c1-10(6-11-2-4-13(16)5-3-11)17-8-14-7-12(9-20-14)15(18)19/h2-5,7,9-10,17H,6,8H2,1H3,(H,18,19). The zero-order valence-corrected chi connectivity index (χ0v) is 13.5. The summed E-state index contributed by atoms with van der Waals surface area (Å²) >= 11 is 4.90. The summed E-state index contributed by atoms with van der Waals surface area (Å²) in [4.78, 5) is 11.8. The van der Waals surface area contributed by atoms with Crippen LogP contribution in [0, 0.1) is 0 Å². The van der Waals surface area contributed by atoms with Crippen LogP contribution in [-0.2, 0) is 13.0 Å². The van der Waals surface area contributed by atoms with Gasteiger partial charge in [-0.1, -0.05) is 28.1 Å². The molecular weight excluding hydrogens is 338 g/mol. The normalized spacial score (nSPS) is 12.3. The van der Waals surface area contributed by atoms with Gasteiger partial charge in [0.05, 0.1) is 5.56 Å². The lowest BCUT2D eigenvalue weighted by molar-refractivity contribution is 0.0697. The second-order valence-corrected chi connectivity index (χ2v) is 6.63. The number of nitrogens with one attached hydrogen (secondary N) is 1. The summed E-state index contributed by atoms with van der Waals surface area (Å²) in [6, 6.07) is 10.4. The second kappa shape index (κ2) is 7.02. The van der Waals surface area contributed by atoms with E-state index in [1.165, 1.54) is 16.9 Å². The Balaban J connectivity index is 1.83. The van der Waals surface area contributed by atoms with Gasteiger partial charge in [-0.2, -0.15) is 0 Å². The van der Waals surface area contributed by atoms with Crippen molar-refractivity contribution >= 4 is 33.2 Å². The number of aromatic carboxylic acids is 1. The first kappa shape index (κ1) is 15.2. The van der Waals surface area contributed by atoms with Crippen LogP contribution in [0.15, 0.2) is 40.2 Å². The van der Waals surface area contributed by atoms with Gasteiger partial charge in [-0.3, -0.25) is 0 Å². The van der Waals surface area contributed by atoms with Crippen LogP contribution >= 0.6 is 27.3 Å². The molecule has 1 heterocycles. The van der Waals surface area contributed by atoms with E-state index in [4.69, 9.17) is 5.11 Å². The second-order valence-electron chi connectivity index (χ2n) is 4.72. The van der Waals surface area contributed by atoms with Crippen molar-refractivity contribution in [1.82, 2.24) is 5.32 Å². The Bertz CT molecular complexity index is 580. The number of thiophene rings is 1. The van der Waals surface area contributed by atoms with Gasteiger partial charge < -0.3 is 10.4 Å². The SMILES string of the molecule is CC(Cc1ccc(Br)cc1)NCc1cc(C(=O)O)cs1. The third-order valence-corrected chi connectivity index (χ3v) is 4.45. The Morgan fingerprint density at radius 1 is 1.40 bits per heavy atom. The first-order valence-corrected chi connectivity index (χ1v) is 8.00. The Labute approximate surface area is 130 Å². The average Bonchev–Trinajstić information content (AvgIpc) is 2.88. The monoisotopic (exact) mass is 353 g/mol. The van der Waals surface area contributed by atoms with Gasteiger partial charge in [0.1, 0.15) is 0 Å².